The Kier molecular flexibility index (Phi) is 4.15. The van der Waals surface area contributed by atoms with E-state index >= 15 is 0 Å². The van der Waals surface area contributed by atoms with Crippen molar-refractivity contribution in [2.45, 2.75) is 46.3 Å². The first-order valence-electron chi connectivity index (χ1n) is 5.52. The van der Waals surface area contributed by atoms with Gasteiger partial charge in [0.1, 0.15) is 0 Å². The van der Waals surface area contributed by atoms with Crippen LogP contribution in [-0.4, -0.2) is 33.1 Å². The van der Waals surface area contributed by atoms with E-state index in [0.29, 0.717) is 12.1 Å². The molecule has 4 heteroatoms. The van der Waals surface area contributed by atoms with E-state index in [-0.39, 0.29) is 5.69 Å². The van der Waals surface area contributed by atoms with Crippen molar-refractivity contribution in [1.82, 2.24) is 14.5 Å². The summed E-state index contributed by atoms with van der Waals surface area (Å²) in [6.07, 6.45) is 3.47. The molecular formula is C11H21N3O. The summed E-state index contributed by atoms with van der Waals surface area (Å²) in [6, 6.07) is 1.03. The average molecular weight is 211 g/mol. The molecule has 1 N–H and O–H groups in total. The standard InChI is InChI=1S/C11H21N3O/c1-9(2)14(10(3)4)8-7-13-6-5-12-11(13)15/h5-6,9-10H,7-8H2,1-4H3,(H,12,15). The maximum Gasteiger partial charge on any atom is 0.325 e. The number of H-pyrrole nitrogens is 1. The Morgan fingerprint density at radius 3 is 2.33 bits per heavy atom. The first kappa shape index (κ1) is 12.0. The summed E-state index contributed by atoms with van der Waals surface area (Å²) < 4.78 is 1.71. The van der Waals surface area contributed by atoms with E-state index < -0.39 is 0 Å². The number of aromatic nitrogens is 2. The van der Waals surface area contributed by atoms with Gasteiger partial charge in [-0.2, -0.15) is 0 Å². The third-order valence-electron chi connectivity index (χ3n) is 2.65. The molecule has 1 heterocycles. The number of nitrogens with zero attached hydrogens (tertiary/aromatic N) is 2. The largest absolute Gasteiger partial charge is 0.325 e. The second kappa shape index (κ2) is 5.16. The Bertz CT molecular complexity index is 330. The van der Waals surface area contributed by atoms with Crippen LogP contribution in [0.5, 0.6) is 0 Å². The fourth-order valence-electron chi connectivity index (χ4n) is 1.86. The number of nitrogens with one attached hydrogen (secondary N) is 1. The molecule has 0 aliphatic heterocycles. The zero-order valence-electron chi connectivity index (χ0n) is 10.0. The lowest BCUT2D eigenvalue weighted by Crippen LogP contribution is -2.40. The molecule has 0 aromatic carbocycles. The summed E-state index contributed by atoms with van der Waals surface area (Å²) >= 11 is 0. The van der Waals surface area contributed by atoms with Gasteiger partial charge in [0, 0.05) is 37.6 Å². The lowest BCUT2D eigenvalue weighted by atomic mass is 10.2. The molecule has 0 radical (unpaired) electrons. The fraction of sp³-hybridized carbons (Fsp3) is 0.727. The summed E-state index contributed by atoms with van der Waals surface area (Å²) in [4.78, 5) is 16.3. The second-order valence-corrected chi connectivity index (χ2v) is 4.38. The number of hydrogen-bond donors (Lipinski definition) is 1. The minimum atomic E-state index is -0.0255. The minimum absolute atomic E-state index is 0.0255. The molecule has 0 aliphatic carbocycles. The number of rotatable bonds is 5. The van der Waals surface area contributed by atoms with Gasteiger partial charge in [0.25, 0.3) is 0 Å². The topological polar surface area (TPSA) is 41.0 Å². The summed E-state index contributed by atoms with van der Waals surface area (Å²) in [5, 5.41) is 0. The van der Waals surface area contributed by atoms with Crippen molar-refractivity contribution >= 4 is 0 Å². The summed E-state index contributed by atoms with van der Waals surface area (Å²) in [7, 11) is 0. The predicted molar refractivity (Wildman–Crippen MR) is 62.0 cm³/mol. The Morgan fingerprint density at radius 2 is 1.93 bits per heavy atom. The van der Waals surface area contributed by atoms with Gasteiger partial charge in [-0.3, -0.25) is 9.47 Å². The lowest BCUT2D eigenvalue weighted by molar-refractivity contribution is 0.168. The number of imidazole rings is 1. The van der Waals surface area contributed by atoms with Crippen LogP contribution in [0.4, 0.5) is 0 Å². The third-order valence-corrected chi connectivity index (χ3v) is 2.65. The molecule has 15 heavy (non-hydrogen) atoms. The van der Waals surface area contributed by atoms with E-state index in [4.69, 9.17) is 0 Å². The van der Waals surface area contributed by atoms with Crippen molar-refractivity contribution < 1.29 is 0 Å². The van der Waals surface area contributed by atoms with Gasteiger partial charge < -0.3 is 4.98 Å². The van der Waals surface area contributed by atoms with Crippen LogP contribution < -0.4 is 5.69 Å². The Hall–Kier alpha value is -1.03. The molecule has 0 aliphatic rings. The van der Waals surface area contributed by atoms with E-state index in [1.54, 1.807) is 17.0 Å². The highest BCUT2D eigenvalue weighted by Gasteiger charge is 2.12. The van der Waals surface area contributed by atoms with Gasteiger partial charge in [-0.05, 0) is 27.7 Å². The van der Waals surface area contributed by atoms with Gasteiger partial charge in [0.2, 0.25) is 0 Å². The van der Waals surface area contributed by atoms with Crippen molar-refractivity contribution in [2.24, 2.45) is 0 Å². The third kappa shape index (κ3) is 3.23. The Labute approximate surface area is 90.9 Å². The highest BCUT2D eigenvalue weighted by molar-refractivity contribution is 4.77. The lowest BCUT2D eigenvalue weighted by Gasteiger charge is -2.30. The van der Waals surface area contributed by atoms with Gasteiger partial charge in [-0.1, -0.05) is 0 Å². The van der Waals surface area contributed by atoms with Crippen molar-refractivity contribution in [1.29, 1.82) is 0 Å². The minimum Gasteiger partial charge on any atom is -0.313 e. The molecule has 86 valence electrons. The van der Waals surface area contributed by atoms with E-state index in [2.05, 4.69) is 37.6 Å². The van der Waals surface area contributed by atoms with E-state index in [9.17, 15) is 4.79 Å². The molecule has 1 aromatic heterocycles. The molecule has 0 unspecified atom stereocenters. The first-order valence-corrected chi connectivity index (χ1v) is 5.52. The quantitative estimate of drug-likeness (QED) is 0.797. The molecule has 1 rings (SSSR count). The zero-order chi connectivity index (χ0) is 11.4. The van der Waals surface area contributed by atoms with Crippen molar-refractivity contribution in [2.75, 3.05) is 6.54 Å². The van der Waals surface area contributed by atoms with Crippen LogP contribution in [0.15, 0.2) is 17.2 Å². The number of hydrogen-bond acceptors (Lipinski definition) is 2. The van der Waals surface area contributed by atoms with Gasteiger partial charge in [0.15, 0.2) is 0 Å². The second-order valence-electron chi connectivity index (χ2n) is 4.38. The molecule has 0 amide bonds. The normalized spacial score (nSPS) is 11.9. The molecule has 0 spiro atoms. The summed E-state index contributed by atoms with van der Waals surface area (Å²) in [6.45, 7) is 10.4. The highest BCUT2D eigenvalue weighted by Crippen LogP contribution is 2.04. The molecule has 0 atom stereocenters. The molecular weight excluding hydrogens is 190 g/mol. The highest BCUT2D eigenvalue weighted by atomic mass is 16.1. The van der Waals surface area contributed by atoms with E-state index in [0.717, 1.165) is 13.1 Å². The van der Waals surface area contributed by atoms with E-state index in [1.165, 1.54) is 0 Å². The van der Waals surface area contributed by atoms with E-state index in [1.807, 2.05) is 0 Å². The monoisotopic (exact) mass is 211 g/mol. The molecule has 0 bridgehead atoms. The van der Waals surface area contributed by atoms with Crippen molar-refractivity contribution in [3.63, 3.8) is 0 Å². The zero-order valence-corrected chi connectivity index (χ0v) is 10.0. The Morgan fingerprint density at radius 1 is 1.33 bits per heavy atom. The van der Waals surface area contributed by atoms with Crippen LogP contribution in [0.2, 0.25) is 0 Å². The van der Waals surface area contributed by atoms with Crippen LogP contribution in [0.25, 0.3) is 0 Å². The first-order chi connectivity index (χ1) is 7.02. The number of aromatic amines is 1. The van der Waals surface area contributed by atoms with Gasteiger partial charge in [0.05, 0.1) is 0 Å². The fourth-order valence-corrected chi connectivity index (χ4v) is 1.86. The average Bonchev–Trinajstić information content (AvgIpc) is 2.51. The van der Waals surface area contributed by atoms with Gasteiger partial charge in [-0.15, -0.1) is 0 Å². The Balaban J connectivity index is 2.55. The maximum atomic E-state index is 11.3. The summed E-state index contributed by atoms with van der Waals surface area (Å²) in [5.74, 6) is 0. The van der Waals surface area contributed by atoms with Crippen LogP contribution in [0.1, 0.15) is 27.7 Å². The van der Waals surface area contributed by atoms with Crippen molar-refractivity contribution in [3.8, 4) is 0 Å². The van der Waals surface area contributed by atoms with Gasteiger partial charge in [-0.25, -0.2) is 4.79 Å². The smallest absolute Gasteiger partial charge is 0.313 e. The van der Waals surface area contributed by atoms with Crippen LogP contribution >= 0.6 is 0 Å². The molecule has 1 aromatic rings. The van der Waals surface area contributed by atoms with Crippen LogP contribution in [0, 0.1) is 0 Å². The predicted octanol–water partition coefficient (Wildman–Crippen LogP) is 1.30. The SMILES string of the molecule is CC(C)N(CCn1cc[nH]c1=O)C(C)C. The summed E-state index contributed by atoms with van der Waals surface area (Å²) in [5.41, 5.74) is -0.0255. The molecule has 0 saturated carbocycles. The molecule has 0 saturated heterocycles. The van der Waals surface area contributed by atoms with Gasteiger partial charge >= 0.3 is 5.69 Å². The molecule has 0 fully saturated rings. The van der Waals surface area contributed by atoms with Crippen molar-refractivity contribution in [3.05, 3.63) is 22.9 Å². The maximum absolute atomic E-state index is 11.3. The van der Waals surface area contributed by atoms with Crippen LogP contribution in [0.3, 0.4) is 0 Å². The molecule has 4 nitrogen and oxygen atoms in total. The van der Waals surface area contributed by atoms with Crippen LogP contribution in [-0.2, 0) is 6.54 Å².